The molecule has 0 aliphatic rings. The Kier molecular flexibility index (Phi) is 5.36. The molecule has 0 spiro atoms. The minimum Gasteiger partial charge on any atom is -0.496 e. The van der Waals surface area contributed by atoms with Gasteiger partial charge in [0.2, 0.25) is 0 Å². The average Bonchev–Trinajstić information content (AvgIpc) is 2.93. The Labute approximate surface area is 136 Å². The summed E-state index contributed by atoms with van der Waals surface area (Å²) in [4.78, 5) is 16.0. The molecule has 0 atom stereocenters. The van der Waals surface area contributed by atoms with Gasteiger partial charge in [-0.2, -0.15) is 0 Å². The summed E-state index contributed by atoms with van der Waals surface area (Å²) < 4.78 is 11.5. The molecular formula is C15H16BrNO3S. The van der Waals surface area contributed by atoms with Gasteiger partial charge in [-0.05, 0) is 18.2 Å². The van der Waals surface area contributed by atoms with Gasteiger partial charge in [0, 0.05) is 9.85 Å². The topological polar surface area (TPSA) is 48.4 Å². The molecule has 4 nitrogen and oxygen atoms in total. The molecule has 1 aromatic heterocycles. The van der Waals surface area contributed by atoms with Gasteiger partial charge in [0.15, 0.2) is 0 Å². The normalized spacial score (nSPS) is 10.7. The molecule has 2 aromatic rings. The van der Waals surface area contributed by atoms with Crippen LogP contribution in [0, 0.1) is 5.92 Å². The first-order valence-corrected chi connectivity index (χ1v) is 8.13. The van der Waals surface area contributed by atoms with Gasteiger partial charge < -0.3 is 9.47 Å². The number of nitrogens with zero attached hydrogens (tertiary/aromatic N) is 1. The minimum atomic E-state index is -0.218. The molecule has 21 heavy (non-hydrogen) atoms. The van der Waals surface area contributed by atoms with Crippen molar-refractivity contribution in [3.63, 3.8) is 0 Å². The van der Waals surface area contributed by atoms with E-state index in [1.165, 1.54) is 11.3 Å². The van der Waals surface area contributed by atoms with Crippen molar-refractivity contribution in [1.82, 2.24) is 4.98 Å². The highest BCUT2D eigenvalue weighted by atomic mass is 79.9. The van der Waals surface area contributed by atoms with Gasteiger partial charge in [0.25, 0.3) is 0 Å². The number of aromatic nitrogens is 1. The van der Waals surface area contributed by atoms with Crippen molar-refractivity contribution >= 4 is 33.2 Å². The molecule has 6 heteroatoms. The zero-order valence-electron chi connectivity index (χ0n) is 12.1. The van der Waals surface area contributed by atoms with Crippen molar-refractivity contribution in [2.45, 2.75) is 20.5 Å². The fourth-order valence-corrected chi connectivity index (χ4v) is 2.84. The number of benzene rings is 1. The lowest BCUT2D eigenvalue weighted by atomic mass is 10.2. The Bertz CT molecular complexity index is 640. The van der Waals surface area contributed by atoms with Crippen LogP contribution in [0.25, 0.3) is 10.6 Å². The summed E-state index contributed by atoms with van der Waals surface area (Å²) in [6.07, 6.45) is 0. The minimum absolute atomic E-state index is 0.131. The van der Waals surface area contributed by atoms with Crippen LogP contribution < -0.4 is 4.74 Å². The number of halogens is 1. The maximum Gasteiger partial charge on any atom is 0.308 e. The van der Waals surface area contributed by atoms with Crippen LogP contribution in [-0.2, 0) is 16.1 Å². The molecule has 1 heterocycles. The molecule has 0 saturated carbocycles. The van der Waals surface area contributed by atoms with Crippen molar-refractivity contribution < 1.29 is 14.3 Å². The van der Waals surface area contributed by atoms with Crippen LogP contribution in [-0.4, -0.2) is 18.1 Å². The van der Waals surface area contributed by atoms with E-state index in [1.54, 1.807) is 21.0 Å². The molecule has 0 fully saturated rings. The van der Waals surface area contributed by atoms with Crippen LogP contribution >= 0.6 is 27.3 Å². The zero-order valence-corrected chi connectivity index (χ0v) is 14.5. The number of esters is 1. The van der Waals surface area contributed by atoms with E-state index in [4.69, 9.17) is 9.47 Å². The van der Waals surface area contributed by atoms with E-state index in [1.807, 2.05) is 23.6 Å². The molecule has 0 aliphatic heterocycles. The van der Waals surface area contributed by atoms with Crippen molar-refractivity contribution in [1.29, 1.82) is 0 Å². The van der Waals surface area contributed by atoms with Crippen LogP contribution in [0.3, 0.4) is 0 Å². The van der Waals surface area contributed by atoms with Gasteiger partial charge in [0.1, 0.15) is 17.4 Å². The number of rotatable bonds is 5. The third-order valence-corrected chi connectivity index (χ3v) is 4.20. The summed E-state index contributed by atoms with van der Waals surface area (Å²) in [7, 11) is 1.63. The lowest BCUT2D eigenvalue weighted by Crippen LogP contribution is -2.11. The predicted octanol–water partition coefficient (Wildman–Crippen LogP) is 4.28. The molecule has 112 valence electrons. The maximum atomic E-state index is 11.5. The van der Waals surface area contributed by atoms with Crippen LogP contribution in [0.1, 0.15) is 19.5 Å². The standard InChI is InChI=1S/C15H16BrNO3S/c1-9(2)15(18)20-7-11-8-21-14(17-11)12-6-10(16)4-5-13(12)19-3/h4-6,8-9H,7H2,1-3H3. The first kappa shape index (κ1) is 16.0. The highest BCUT2D eigenvalue weighted by Crippen LogP contribution is 2.34. The summed E-state index contributed by atoms with van der Waals surface area (Å²) in [5, 5.41) is 2.73. The number of hydrogen-bond acceptors (Lipinski definition) is 5. The molecule has 0 amide bonds. The highest BCUT2D eigenvalue weighted by molar-refractivity contribution is 9.10. The fourth-order valence-electron chi connectivity index (χ4n) is 1.66. The molecule has 0 N–H and O–H groups in total. The maximum absolute atomic E-state index is 11.5. The quantitative estimate of drug-likeness (QED) is 0.737. The Morgan fingerprint density at radius 2 is 2.19 bits per heavy atom. The van der Waals surface area contributed by atoms with Crippen LogP contribution in [0.2, 0.25) is 0 Å². The number of thiazole rings is 1. The number of hydrogen-bond donors (Lipinski definition) is 0. The Morgan fingerprint density at radius 3 is 2.86 bits per heavy atom. The Balaban J connectivity index is 2.16. The van der Waals surface area contributed by atoms with E-state index in [-0.39, 0.29) is 18.5 Å². The molecule has 0 radical (unpaired) electrons. The van der Waals surface area contributed by atoms with Crippen molar-refractivity contribution in [3.8, 4) is 16.3 Å². The van der Waals surface area contributed by atoms with Crippen molar-refractivity contribution in [2.24, 2.45) is 5.92 Å². The third kappa shape index (κ3) is 4.04. The molecule has 1 aromatic carbocycles. The van der Waals surface area contributed by atoms with Crippen molar-refractivity contribution in [2.75, 3.05) is 7.11 Å². The van der Waals surface area contributed by atoms with Crippen LogP contribution in [0.5, 0.6) is 5.75 Å². The van der Waals surface area contributed by atoms with E-state index in [0.717, 1.165) is 26.5 Å². The number of methoxy groups -OCH3 is 1. The smallest absolute Gasteiger partial charge is 0.308 e. The summed E-state index contributed by atoms with van der Waals surface area (Å²) in [6.45, 7) is 3.81. The Morgan fingerprint density at radius 1 is 1.43 bits per heavy atom. The molecule has 0 saturated heterocycles. The van der Waals surface area contributed by atoms with Crippen molar-refractivity contribution in [3.05, 3.63) is 33.7 Å². The lowest BCUT2D eigenvalue weighted by molar-refractivity contribution is -0.148. The van der Waals surface area contributed by atoms with Gasteiger partial charge in [-0.25, -0.2) is 4.98 Å². The first-order chi connectivity index (χ1) is 10.0. The first-order valence-electron chi connectivity index (χ1n) is 6.46. The second kappa shape index (κ2) is 7.04. The lowest BCUT2D eigenvalue weighted by Gasteiger charge is -2.06. The highest BCUT2D eigenvalue weighted by Gasteiger charge is 2.13. The van der Waals surface area contributed by atoms with E-state index in [0.29, 0.717) is 0 Å². The summed E-state index contributed by atoms with van der Waals surface area (Å²) in [5.74, 6) is 0.413. The predicted molar refractivity (Wildman–Crippen MR) is 86.4 cm³/mol. The van der Waals surface area contributed by atoms with Gasteiger partial charge in [0.05, 0.1) is 24.3 Å². The fraction of sp³-hybridized carbons (Fsp3) is 0.333. The summed E-state index contributed by atoms with van der Waals surface area (Å²) in [6, 6.07) is 5.77. The Hall–Kier alpha value is -1.40. The average molecular weight is 370 g/mol. The number of ether oxygens (including phenoxy) is 2. The third-order valence-electron chi connectivity index (χ3n) is 2.78. The zero-order chi connectivity index (χ0) is 15.4. The van der Waals surface area contributed by atoms with Gasteiger partial charge in [-0.1, -0.05) is 29.8 Å². The monoisotopic (exact) mass is 369 g/mol. The van der Waals surface area contributed by atoms with E-state index in [2.05, 4.69) is 20.9 Å². The summed E-state index contributed by atoms with van der Waals surface area (Å²) >= 11 is 4.94. The second-order valence-corrected chi connectivity index (χ2v) is 6.52. The molecule has 0 unspecified atom stereocenters. The van der Waals surface area contributed by atoms with Crippen LogP contribution in [0.4, 0.5) is 0 Å². The molecule has 0 bridgehead atoms. The van der Waals surface area contributed by atoms with E-state index in [9.17, 15) is 4.79 Å². The SMILES string of the molecule is COc1ccc(Br)cc1-c1nc(COC(=O)C(C)C)cs1. The molecular weight excluding hydrogens is 354 g/mol. The number of carbonyl (C=O) groups excluding carboxylic acids is 1. The van der Waals surface area contributed by atoms with Gasteiger partial charge in [-0.3, -0.25) is 4.79 Å². The van der Waals surface area contributed by atoms with E-state index < -0.39 is 0 Å². The van der Waals surface area contributed by atoms with E-state index >= 15 is 0 Å². The number of carbonyl (C=O) groups is 1. The second-order valence-electron chi connectivity index (χ2n) is 4.75. The van der Waals surface area contributed by atoms with Crippen LogP contribution in [0.15, 0.2) is 28.1 Å². The van der Waals surface area contributed by atoms with Gasteiger partial charge in [-0.15, -0.1) is 11.3 Å². The molecule has 0 aliphatic carbocycles. The largest absolute Gasteiger partial charge is 0.496 e. The van der Waals surface area contributed by atoms with Gasteiger partial charge >= 0.3 is 5.97 Å². The molecule has 2 rings (SSSR count). The summed E-state index contributed by atoms with van der Waals surface area (Å²) in [5.41, 5.74) is 1.66.